The minimum atomic E-state index is -4.43. The lowest BCUT2D eigenvalue weighted by Gasteiger charge is -2.05. The van der Waals surface area contributed by atoms with Crippen LogP contribution in [0.2, 0.25) is 0 Å². The third-order valence-electron chi connectivity index (χ3n) is 3.06. The maximum Gasteiger partial charge on any atom is 0.699 e. The normalized spacial score (nSPS) is 11.4. The van der Waals surface area contributed by atoms with E-state index < -0.39 is 26.3 Å². The summed E-state index contributed by atoms with van der Waals surface area (Å²) in [6, 6.07) is 11.1. The van der Waals surface area contributed by atoms with Crippen LogP contribution in [-0.2, 0) is 28.6 Å². The summed E-state index contributed by atoms with van der Waals surface area (Å²) in [6.07, 6.45) is -1.33. The van der Waals surface area contributed by atoms with Gasteiger partial charge in [-0.3, -0.25) is 8.37 Å². The van der Waals surface area contributed by atoms with Crippen molar-refractivity contribution in [3.05, 3.63) is 65.2 Å². The summed E-state index contributed by atoms with van der Waals surface area (Å²) in [5.74, 6) is 0. The van der Waals surface area contributed by atoms with Gasteiger partial charge in [0, 0.05) is 0 Å². The molecule has 0 saturated heterocycles. The highest BCUT2D eigenvalue weighted by Crippen LogP contribution is 2.17. The lowest BCUT2D eigenvalue weighted by molar-refractivity contribution is -0.0524. The van der Waals surface area contributed by atoms with Gasteiger partial charge < -0.3 is 5.53 Å². The molecule has 0 aromatic heterocycles. The molecule has 0 radical (unpaired) electrons. The van der Waals surface area contributed by atoms with Crippen LogP contribution in [0.25, 0.3) is 5.53 Å². The smallest absolute Gasteiger partial charge is 0.353 e. The van der Waals surface area contributed by atoms with Gasteiger partial charge in [0.25, 0.3) is 0 Å². The monoisotopic (exact) mass is 382 g/mol. The summed E-state index contributed by atoms with van der Waals surface area (Å²) in [4.78, 5) is 1.95. The van der Waals surface area contributed by atoms with Crippen molar-refractivity contribution in [2.45, 2.75) is 23.6 Å². The van der Waals surface area contributed by atoms with Crippen molar-refractivity contribution < 1.29 is 30.0 Å². The van der Waals surface area contributed by atoms with Crippen molar-refractivity contribution in [2.24, 2.45) is 0 Å². The third kappa shape index (κ3) is 4.66. The summed E-state index contributed by atoms with van der Waals surface area (Å²) in [5.41, 5.74) is 10.5. The first-order valence-electron chi connectivity index (χ1n) is 6.88. The van der Waals surface area contributed by atoms with Gasteiger partial charge in [0.05, 0.1) is 0 Å². The average Bonchev–Trinajstić information content (AvgIpc) is 2.54. The SMILES string of the molecule is Cc1ccc(S(=O)(=O)OC(=[N+]=[N-])OS(=O)(=O)c2ccc(C)cc2)cc1. The average molecular weight is 382 g/mol. The maximum absolute atomic E-state index is 12.1. The molecule has 0 bridgehead atoms. The number of hydrogen-bond acceptors (Lipinski definition) is 6. The Morgan fingerprint density at radius 1 is 0.760 bits per heavy atom. The molecule has 10 heteroatoms. The van der Waals surface area contributed by atoms with Crippen LogP contribution in [0.1, 0.15) is 11.1 Å². The predicted octanol–water partition coefficient (Wildman–Crippen LogP) is 2.00. The van der Waals surface area contributed by atoms with Crippen molar-refractivity contribution in [2.75, 3.05) is 0 Å². The van der Waals surface area contributed by atoms with Crippen molar-refractivity contribution in [3.8, 4) is 0 Å². The van der Waals surface area contributed by atoms with Gasteiger partial charge >= 0.3 is 26.3 Å². The van der Waals surface area contributed by atoms with Crippen LogP contribution in [-0.4, -0.2) is 27.7 Å². The molecule has 0 amide bonds. The molecule has 0 spiro atoms. The van der Waals surface area contributed by atoms with E-state index in [-0.39, 0.29) is 9.79 Å². The second-order valence-electron chi connectivity index (χ2n) is 5.07. The quantitative estimate of drug-likeness (QED) is 0.262. The third-order valence-corrected chi connectivity index (χ3v) is 5.49. The van der Waals surface area contributed by atoms with Crippen molar-refractivity contribution in [1.29, 1.82) is 0 Å². The Bertz CT molecular complexity index is 941. The van der Waals surface area contributed by atoms with Gasteiger partial charge in [-0.2, -0.15) is 16.8 Å². The van der Waals surface area contributed by atoms with E-state index in [4.69, 9.17) is 5.53 Å². The molecule has 0 aliphatic heterocycles. The minimum absolute atomic E-state index is 0.254. The van der Waals surface area contributed by atoms with E-state index >= 15 is 0 Å². The molecule has 2 rings (SSSR count). The van der Waals surface area contributed by atoms with Gasteiger partial charge in [-0.15, -0.1) is 0 Å². The summed E-state index contributed by atoms with van der Waals surface area (Å²) in [6.45, 7) is 3.52. The second-order valence-corrected chi connectivity index (χ2v) is 8.16. The molecule has 0 N–H and O–H groups in total. The zero-order valence-corrected chi connectivity index (χ0v) is 14.9. The van der Waals surface area contributed by atoms with E-state index in [0.29, 0.717) is 0 Å². The Labute approximate surface area is 145 Å². The lowest BCUT2D eigenvalue weighted by Crippen LogP contribution is -2.21. The molecule has 0 unspecified atom stereocenters. The molecule has 25 heavy (non-hydrogen) atoms. The number of benzene rings is 2. The highest BCUT2D eigenvalue weighted by molar-refractivity contribution is 7.88. The van der Waals surface area contributed by atoms with Crippen LogP contribution >= 0.6 is 0 Å². The predicted molar refractivity (Wildman–Crippen MR) is 87.5 cm³/mol. The molecule has 0 saturated carbocycles. The fraction of sp³-hybridized carbons (Fsp3) is 0.133. The van der Waals surface area contributed by atoms with Crippen LogP contribution in [0.4, 0.5) is 0 Å². The Balaban J connectivity index is 2.24. The Morgan fingerprint density at radius 3 is 1.36 bits per heavy atom. The largest absolute Gasteiger partial charge is 0.699 e. The van der Waals surface area contributed by atoms with Gasteiger partial charge in [0.15, 0.2) is 0 Å². The van der Waals surface area contributed by atoms with E-state index in [1.807, 2.05) is 0 Å². The van der Waals surface area contributed by atoms with Crippen LogP contribution in [0.3, 0.4) is 0 Å². The molecular weight excluding hydrogens is 368 g/mol. The van der Waals surface area contributed by atoms with Crippen molar-refractivity contribution in [1.82, 2.24) is 0 Å². The summed E-state index contributed by atoms with van der Waals surface area (Å²) in [7, 11) is -8.86. The Hall–Kier alpha value is -2.68. The molecule has 0 atom stereocenters. The van der Waals surface area contributed by atoms with E-state index in [2.05, 4.69) is 13.2 Å². The first kappa shape index (κ1) is 18.7. The van der Waals surface area contributed by atoms with E-state index in [9.17, 15) is 16.8 Å². The topological polar surface area (TPSA) is 123 Å². The Morgan fingerprint density at radius 2 is 1.08 bits per heavy atom. The van der Waals surface area contributed by atoms with Gasteiger partial charge in [0.2, 0.25) is 0 Å². The Kier molecular flexibility index (Phi) is 5.27. The number of rotatable bonds is 4. The zero-order chi connectivity index (χ0) is 18.7. The lowest BCUT2D eigenvalue weighted by atomic mass is 10.2. The van der Waals surface area contributed by atoms with Crippen LogP contribution in [0.5, 0.6) is 0 Å². The summed E-state index contributed by atoms with van der Waals surface area (Å²) < 4.78 is 57.3. The molecular formula is C15H14N2O6S2. The number of aryl methyl sites for hydroxylation is 2. The molecule has 0 aliphatic rings. The van der Waals surface area contributed by atoms with Crippen molar-refractivity contribution >= 4 is 26.3 Å². The molecule has 8 nitrogen and oxygen atoms in total. The van der Waals surface area contributed by atoms with Gasteiger partial charge in [-0.25, -0.2) is 0 Å². The fourth-order valence-electron chi connectivity index (χ4n) is 1.74. The van der Waals surface area contributed by atoms with Crippen LogP contribution in [0, 0.1) is 13.8 Å². The molecule has 0 aliphatic carbocycles. The molecule has 132 valence electrons. The molecule has 2 aromatic carbocycles. The zero-order valence-electron chi connectivity index (χ0n) is 13.3. The van der Waals surface area contributed by atoms with Gasteiger partial charge in [-0.05, 0) is 38.1 Å². The van der Waals surface area contributed by atoms with Gasteiger partial charge in [-0.1, -0.05) is 40.2 Å². The summed E-state index contributed by atoms with van der Waals surface area (Å²) in [5, 5.41) is 0. The number of hydrogen-bond donors (Lipinski definition) is 0. The van der Waals surface area contributed by atoms with E-state index in [0.717, 1.165) is 11.1 Å². The summed E-state index contributed by atoms with van der Waals surface area (Å²) >= 11 is 0. The second kappa shape index (κ2) is 7.06. The highest BCUT2D eigenvalue weighted by atomic mass is 32.2. The first-order chi connectivity index (χ1) is 11.6. The molecule has 2 aromatic rings. The maximum atomic E-state index is 12.1. The van der Waals surface area contributed by atoms with E-state index in [1.165, 1.54) is 48.5 Å². The van der Waals surface area contributed by atoms with Crippen LogP contribution in [0.15, 0.2) is 58.3 Å². The van der Waals surface area contributed by atoms with Crippen LogP contribution < -0.4 is 0 Å². The van der Waals surface area contributed by atoms with Crippen molar-refractivity contribution in [3.63, 3.8) is 0 Å². The number of nitrogens with zero attached hydrogens (tertiary/aromatic N) is 2. The standard InChI is InChI=1S/C15H14N2O6S2/c1-11-3-7-13(8-4-11)24(18,19)22-15(17-16)23-25(20,21)14-9-5-12(2)6-10-14/h3-10H,1-2H3. The van der Waals surface area contributed by atoms with Gasteiger partial charge in [0.1, 0.15) is 9.79 Å². The molecule has 0 fully saturated rings. The highest BCUT2D eigenvalue weighted by Gasteiger charge is 2.31. The first-order valence-corrected chi connectivity index (χ1v) is 9.70. The van der Waals surface area contributed by atoms with E-state index in [1.54, 1.807) is 13.8 Å². The fourth-order valence-corrected chi connectivity index (χ4v) is 3.43. The molecule has 0 heterocycles. The minimum Gasteiger partial charge on any atom is -0.353 e.